The van der Waals surface area contributed by atoms with E-state index in [0.29, 0.717) is 23.5 Å². The van der Waals surface area contributed by atoms with Crippen molar-refractivity contribution in [2.75, 3.05) is 5.32 Å². The molecule has 38 heavy (non-hydrogen) atoms. The zero-order valence-electron chi connectivity index (χ0n) is 22.3. The highest BCUT2D eigenvalue weighted by molar-refractivity contribution is 5.85. The first-order chi connectivity index (χ1) is 17.9. The number of aromatic nitrogens is 3. The number of benzene rings is 2. The molecule has 2 aromatic carbocycles. The number of hydrogen-bond acceptors (Lipinski definition) is 5. The Hall–Kier alpha value is -3.49. The fourth-order valence-electron chi connectivity index (χ4n) is 6.27. The number of alkyl halides is 3. The van der Waals surface area contributed by atoms with Gasteiger partial charge in [0.2, 0.25) is 5.95 Å². The second-order valence-corrected chi connectivity index (χ2v) is 11.4. The smallest absolute Gasteiger partial charge is 0.406 e. The summed E-state index contributed by atoms with van der Waals surface area (Å²) in [4.78, 5) is 4.93. The molecule has 2 atom stereocenters. The highest BCUT2D eigenvalue weighted by Gasteiger charge is 2.33. The molecule has 1 aliphatic carbocycles. The number of fused-ring (bicyclic) bond motifs is 1. The number of nitrogens with one attached hydrogen (secondary N) is 1. The molecule has 0 bridgehead atoms. The summed E-state index contributed by atoms with van der Waals surface area (Å²) in [6.07, 6.45) is -1.25. The van der Waals surface area contributed by atoms with Crippen LogP contribution >= 0.6 is 0 Å². The lowest BCUT2D eigenvalue weighted by atomic mass is 9.68. The van der Waals surface area contributed by atoms with Crippen LogP contribution in [0.1, 0.15) is 51.5 Å². The van der Waals surface area contributed by atoms with Crippen LogP contribution in [0.15, 0.2) is 47.0 Å². The van der Waals surface area contributed by atoms with Gasteiger partial charge in [0.15, 0.2) is 0 Å². The number of anilines is 2. The Labute approximate surface area is 220 Å². The Morgan fingerprint density at radius 3 is 2.47 bits per heavy atom. The molecule has 2 aromatic heterocycles. The maximum atomic E-state index is 12.6. The van der Waals surface area contributed by atoms with Crippen LogP contribution in [0.2, 0.25) is 0 Å². The number of ether oxygens (including phenoxy) is 1. The summed E-state index contributed by atoms with van der Waals surface area (Å²) in [7, 11) is 0. The van der Waals surface area contributed by atoms with Gasteiger partial charge in [-0.1, -0.05) is 32.0 Å². The lowest BCUT2D eigenvalue weighted by molar-refractivity contribution is -0.274. The van der Waals surface area contributed by atoms with E-state index in [1.54, 1.807) is 12.1 Å². The average molecular weight is 527 g/mol. The third-order valence-corrected chi connectivity index (χ3v) is 7.33. The summed E-state index contributed by atoms with van der Waals surface area (Å²) < 4.78 is 49.3. The van der Waals surface area contributed by atoms with Gasteiger partial charge in [0.25, 0.3) is 0 Å². The molecule has 0 radical (unpaired) electrons. The minimum Gasteiger partial charge on any atom is -0.406 e. The topological polar surface area (TPSA) is 65.1 Å². The predicted molar refractivity (Wildman–Crippen MR) is 141 cm³/mol. The molecule has 0 aliphatic heterocycles. The van der Waals surface area contributed by atoms with E-state index in [4.69, 9.17) is 9.51 Å². The number of rotatable bonds is 6. The molecule has 6 nitrogen and oxygen atoms in total. The van der Waals surface area contributed by atoms with Crippen molar-refractivity contribution in [2.24, 2.45) is 17.3 Å². The van der Waals surface area contributed by atoms with Gasteiger partial charge in [-0.05, 0) is 92.3 Å². The van der Waals surface area contributed by atoms with Crippen molar-refractivity contribution in [1.82, 2.24) is 14.7 Å². The molecule has 1 fully saturated rings. The van der Waals surface area contributed by atoms with Crippen LogP contribution < -0.4 is 10.1 Å². The van der Waals surface area contributed by atoms with Gasteiger partial charge in [-0.25, -0.2) is 4.98 Å². The van der Waals surface area contributed by atoms with Crippen molar-refractivity contribution in [3.8, 4) is 16.9 Å². The van der Waals surface area contributed by atoms with Gasteiger partial charge in [-0.15, -0.1) is 13.2 Å². The molecule has 1 aliphatic rings. The van der Waals surface area contributed by atoms with Gasteiger partial charge >= 0.3 is 6.36 Å². The Balaban J connectivity index is 1.51. The minimum absolute atomic E-state index is 0.265. The third kappa shape index (κ3) is 5.66. The van der Waals surface area contributed by atoms with Crippen molar-refractivity contribution in [3.05, 3.63) is 53.9 Å². The van der Waals surface area contributed by atoms with Gasteiger partial charge < -0.3 is 19.1 Å². The first-order valence-electron chi connectivity index (χ1n) is 12.9. The highest BCUT2D eigenvalue weighted by Crippen LogP contribution is 2.43. The average Bonchev–Trinajstić information content (AvgIpc) is 3.31. The highest BCUT2D eigenvalue weighted by atomic mass is 19.4. The van der Waals surface area contributed by atoms with Gasteiger partial charge in [0.05, 0.1) is 16.7 Å². The molecule has 0 saturated heterocycles. The summed E-state index contributed by atoms with van der Waals surface area (Å²) in [5, 5.41) is 7.42. The molecule has 0 spiro atoms. The SMILES string of the molecule is Cc1noc(C)c1-c1ccc2c(c1)nc(Nc1ccc(OC(F)(F)F)cc1)n2CC1C[C@H](C)CC(C)(C)C1. The fraction of sp³-hybridized carbons (Fsp3) is 0.448. The van der Waals surface area contributed by atoms with E-state index >= 15 is 0 Å². The Morgan fingerprint density at radius 1 is 1.11 bits per heavy atom. The molecule has 1 saturated carbocycles. The molecule has 1 N–H and O–H groups in total. The van der Waals surface area contributed by atoms with Crippen LogP contribution in [0.4, 0.5) is 24.8 Å². The van der Waals surface area contributed by atoms with Gasteiger partial charge in [-0.2, -0.15) is 0 Å². The molecule has 0 amide bonds. The van der Waals surface area contributed by atoms with Crippen LogP contribution in [0.5, 0.6) is 5.75 Å². The Kier molecular flexibility index (Phi) is 6.65. The lowest BCUT2D eigenvalue weighted by Gasteiger charge is -2.39. The maximum Gasteiger partial charge on any atom is 0.573 e. The molecular formula is C29H33F3N4O2. The van der Waals surface area contributed by atoms with Crippen molar-refractivity contribution in [3.63, 3.8) is 0 Å². The Morgan fingerprint density at radius 2 is 1.84 bits per heavy atom. The van der Waals surface area contributed by atoms with Crippen LogP contribution in [-0.2, 0) is 6.54 Å². The fourth-order valence-corrected chi connectivity index (χ4v) is 6.27. The minimum atomic E-state index is -4.73. The van der Waals surface area contributed by atoms with E-state index in [1.807, 2.05) is 19.9 Å². The summed E-state index contributed by atoms with van der Waals surface area (Å²) in [6.45, 7) is 11.6. The molecule has 5 rings (SSSR count). The van der Waals surface area contributed by atoms with E-state index in [9.17, 15) is 13.2 Å². The van der Waals surface area contributed by atoms with E-state index in [0.717, 1.165) is 53.0 Å². The van der Waals surface area contributed by atoms with E-state index < -0.39 is 6.36 Å². The summed E-state index contributed by atoms with van der Waals surface area (Å²) >= 11 is 0. The van der Waals surface area contributed by atoms with E-state index in [2.05, 4.69) is 52.7 Å². The number of aryl methyl sites for hydroxylation is 2. The second kappa shape index (κ2) is 9.67. The molecular weight excluding hydrogens is 493 g/mol. The van der Waals surface area contributed by atoms with Crippen LogP contribution in [-0.4, -0.2) is 21.1 Å². The van der Waals surface area contributed by atoms with Crippen molar-refractivity contribution >= 4 is 22.7 Å². The third-order valence-electron chi connectivity index (χ3n) is 7.33. The molecule has 2 heterocycles. The second-order valence-electron chi connectivity index (χ2n) is 11.4. The molecule has 4 aromatic rings. The standard InChI is InChI=1S/C29H33F3N4O2/c1-17-12-20(15-28(4,5)14-17)16-36-25-11-6-21(26-18(2)35-38-19(26)3)13-24(25)34-27(36)33-22-7-9-23(10-8-22)37-29(30,31)32/h6-11,13,17,20H,12,14-16H2,1-5H3,(H,33,34)/t17-,20?/m0/s1. The van der Waals surface area contributed by atoms with Crippen LogP contribution in [0, 0.1) is 31.1 Å². The van der Waals surface area contributed by atoms with Gasteiger partial charge in [-0.3, -0.25) is 0 Å². The zero-order chi connectivity index (χ0) is 27.2. The lowest BCUT2D eigenvalue weighted by Crippen LogP contribution is -2.30. The van der Waals surface area contributed by atoms with E-state index in [1.165, 1.54) is 18.6 Å². The number of hydrogen-bond donors (Lipinski definition) is 1. The van der Waals surface area contributed by atoms with Gasteiger partial charge in [0.1, 0.15) is 11.5 Å². The normalized spacial score (nSPS) is 19.6. The van der Waals surface area contributed by atoms with Crippen molar-refractivity contribution in [1.29, 1.82) is 0 Å². The summed E-state index contributed by atoms with van der Waals surface area (Å²) in [6, 6.07) is 11.9. The summed E-state index contributed by atoms with van der Waals surface area (Å²) in [5.74, 6) is 2.26. The number of nitrogens with zero attached hydrogens (tertiary/aromatic N) is 3. The number of halogens is 3. The first kappa shape index (κ1) is 26.1. The molecule has 1 unspecified atom stereocenters. The number of imidazole rings is 1. The van der Waals surface area contributed by atoms with Crippen LogP contribution in [0.3, 0.4) is 0 Å². The van der Waals surface area contributed by atoms with Gasteiger partial charge in [0, 0.05) is 17.8 Å². The summed E-state index contributed by atoms with van der Waals surface area (Å²) in [5.41, 5.74) is 5.47. The van der Waals surface area contributed by atoms with Crippen molar-refractivity contribution in [2.45, 2.75) is 66.8 Å². The quantitative estimate of drug-likeness (QED) is 0.273. The Bertz CT molecular complexity index is 1420. The largest absolute Gasteiger partial charge is 0.573 e. The maximum absolute atomic E-state index is 12.6. The molecule has 9 heteroatoms. The first-order valence-corrected chi connectivity index (χ1v) is 12.9. The van der Waals surface area contributed by atoms with E-state index in [-0.39, 0.29) is 11.2 Å². The van der Waals surface area contributed by atoms with Crippen LogP contribution in [0.25, 0.3) is 22.2 Å². The monoisotopic (exact) mass is 526 g/mol. The predicted octanol–water partition coefficient (Wildman–Crippen LogP) is 8.41. The zero-order valence-corrected chi connectivity index (χ0v) is 22.3. The van der Waals surface area contributed by atoms with Crippen molar-refractivity contribution < 1.29 is 22.4 Å². The molecule has 202 valence electrons.